The molecule has 3 aromatic rings. The number of anilines is 1. The van der Waals surface area contributed by atoms with Crippen molar-refractivity contribution in [2.75, 3.05) is 25.1 Å². The van der Waals surface area contributed by atoms with Gasteiger partial charge in [-0.3, -0.25) is 10.1 Å². The number of aromatic nitrogens is 1. The van der Waals surface area contributed by atoms with Crippen molar-refractivity contribution in [3.8, 4) is 17.4 Å². The van der Waals surface area contributed by atoms with Gasteiger partial charge < -0.3 is 19.3 Å². The summed E-state index contributed by atoms with van der Waals surface area (Å²) in [5.41, 5.74) is -3.27. The lowest BCUT2D eigenvalue weighted by molar-refractivity contribution is -0.121. The molecule has 0 saturated carbocycles. The molecule has 2 heterocycles. The van der Waals surface area contributed by atoms with Crippen LogP contribution in [-0.4, -0.2) is 51.3 Å². The molecule has 1 atom stereocenters. The highest BCUT2D eigenvalue weighted by Gasteiger charge is 2.59. The van der Waals surface area contributed by atoms with E-state index in [1.807, 2.05) is 0 Å². The van der Waals surface area contributed by atoms with E-state index in [0.29, 0.717) is 4.31 Å². The number of sulfonamides is 1. The minimum absolute atomic E-state index is 0.0868. The van der Waals surface area contributed by atoms with E-state index in [0.717, 1.165) is 18.2 Å². The zero-order valence-corrected chi connectivity index (χ0v) is 21.8. The fourth-order valence-corrected chi connectivity index (χ4v) is 6.01. The number of amides is 2. The summed E-state index contributed by atoms with van der Waals surface area (Å²) < 4.78 is 58.9. The molecule has 2 amide bonds. The van der Waals surface area contributed by atoms with Crippen molar-refractivity contribution < 1.29 is 41.7 Å². The molecule has 1 aromatic heterocycles. The number of rotatable bonds is 8. The minimum atomic E-state index is -4.84. The van der Waals surface area contributed by atoms with Gasteiger partial charge >= 0.3 is 6.09 Å². The molecular weight excluding hydrogens is 545 g/mol. The molecule has 0 radical (unpaired) electrons. The standard InChI is InChI=1S/C24H21ClFN3O8S/c1-4-37-21-14(6-5-9-27-21)24(28-23(31)32)15-11-16(25)17(26)12-18(15)29(22(24)30)38(33,34)20-8-7-13(35-2)10-19(20)36-3/h5-12,28H,4H2,1-3H3,(H,31,32). The van der Waals surface area contributed by atoms with Gasteiger partial charge in [0.05, 0.1) is 37.1 Å². The topological polar surface area (TPSA) is 144 Å². The molecule has 2 N–H and O–H groups in total. The van der Waals surface area contributed by atoms with Crippen LogP contribution in [0.3, 0.4) is 0 Å². The molecule has 0 aliphatic carbocycles. The van der Waals surface area contributed by atoms with Gasteiger partial charge in [-0.15, -0.1) is 0 Å². The summed E-state index contributed by atoms with van der Waals surface area (Å²) in [6.07, 6.45) is -0.338. The first-order chi connectivity index (χ1) is 18.0. The van der Waals surface area contributed by atoms with Gasteiger partial charge in [0.1, 0.15) is 22.2 Å². The maximum Gasteiger partial charge on any atom is 0.406 e. The molecule has 0 bridgehead atoms. The van der Waals surface area contributed by atoms with E-state index >= 15 is 0 Å². The smallest absolute Gasteiger partial charge is 0.406 e. The van der Waals surface area contributed by atoms with Crippen LogP contribution in [0.25, 0.3) is 0 Å². The molecule has 1 aliphatic heterocycles. The lowest BCUT2D eigenvalue weighted by atomic mass is 9.84. The van der Waals surface area contributed by atoms with Crippen molar-refractivity contribution >= 4 is 39.3 Å². The molecule has 14 heteroatoms. The Labute approximate surface area is 221 Å². The summed E-state index contributed by atoms with van der Waals surface area (Å²) in [6.45, 7) is 1.72. The molecule has 0 fully saturated rings. The number of nitrogens with zero attached hydrogens (tertiary/aromatic N) is 2. The van der Waals surface area contributed by atoms with Crippen LogP contribution < -0.4 is 23.8 Å². The van der Waals surface area contributed by atoms with Gasteiger partial charge in [-0.1, -0.05) is 11.6 Å². The molecule has 0 saturated heterocycles. The molecule has 1 unspecified atom stereocenters. The lowest BCUT2D eigenvalue weighted by Gasteiger charge is -2.30. The number of hydrogen-bond acceptors (Lipinski definition) is 8. The van der Waals surface area contributed by atoms with Crippen molar-refractivity contribution in [2.45, 2.75) is 17.4 Å². The van der Waals surface area contributed by atoms with E-state index in [2.05, 4.69) is 10.3 Å². The van der Waals surface area contributed by atoms with E-state index in [-0.39, 0.29) is 35.1 Å². The van der Waals surface area contributed by atoms with E-state index < -0.39 is 49.0 Å². The number of ether oxygens (including phenoxy) is 3. The average Bonchev–Trinajstić information content (AvgIpc) is 3.11. The summed E-state index contributed by atoms with van der Waals surface area (Å²) in [7, 11) is -2.26. The van der Waals surface area contributed by atoms with Gasteiger partial charge in [-0.05, 0) is 37.3 Å². The summed E-state index contributed by atoms with van der Waals surface area (Å²) >= 11 is 6.04. The highest BCUT2D eigenvalue weighted by molar-refractivity contribution is 7.93. The molecule has 11 nitrogen and oxygen atoms in total. The van der Waals surface area contributed by atoms with Crippen LogP contribution in [-0.2, 0) is 20.4 Å². The molecule has 38 heavy (non-hydrogen) atoms. The predicted molar refractivity (Wildman–Crippen MR) is 133 cm³/mol. The van der Waals surface area contributed by atoms with Crippen molar-refractivity contribution in [3.63, 3.8) is 0 Å². The van der Waals surface area contributed by atoms with Crippen LogP contribution in [0, 0.1) is 5.82 Å². The van der Waals surface area contributed by atoms with Crippen LogP contribution in [0.2, 0.25) is 5.02 Å². The molecular formula is C24H21ClFN3O8S. The van der Waals surface area contributed by atoms with Gasteiger partial charge in [-0.25, -0.2) is 22.6 Å². The summed E-state index contributed by atoms with van der Waals surface area (Å²) in [5.74, 6) is -2.38. The normalized spacial score (nSPS) is 16.7. The van der Waals surface area contributed by atoms with E-state index in [1.54, 1.807) is 6.92 Å². The number of fused-ring (bicyclic) bond motifs is 1. The quantitative estimate of drug-likeness (QED) is 0.419. The number of carbonyl (C=O) groups excluding carboxylic acids is 1. The molecule has 1 aliphatic rings. The summed E-state index contributed by atoms with van der Waals surface area (Å²) in [4.78, 5) is 30.0. The second kappa shape index (κ2) is 9.99. The maximum absolute atomic E-state index is 14.7. The highest BCUT2D eigenvalue weighted by Crippen LogP contribution is 2.50. The largest absolute Gasteiger partial charge is 0.497 e. The maximum atomic E-state index is 14.7. The van der Waals surface area contributed by atoms with E-state index in [1.165, 1.54) is 44.7 Å². The Hall–Kier alpha value is -4.10. The van der Waals surface area contributed by atoms with E-state index in [9.17, 15) is 27.5 Å². The third kappa shape index (κ3) is 4.13. The average molecular weight is 566 g/mol. The Morgan fingerprint density at radius 3 is 2.55 bits per heavy atom. The second-order valence-electron chi connectivity index (χ2n) is 7.84. The SMILES string of the molecule is CCOc1ncccc1C1(NC(=O)O)C(=O)N(S(=O)(=O)c2ccc(OC)cc2OC)c2cc(F)c(Cl)cc21. The third-order valence-corrected chi connectivity index (χ3v) is 7.83. The zero-order valence-electron chi connectivity index (χ0n) is 20.2. The lowest BCUT2D eigenvalue weighted by Crippen LogP contribution is -2.54. The Morgan fingerprint density at radius 1 is 1.18 bits per heavy atom. The summed E-state index contributed by atoms with van der Waals surface area (Å²) in [6, 6.07) is 8.24. The zero-order chi connectivity index (χ0) is 27.8. The van der Waals surface area contributed by atoms with E-state index in [4.69, 9.17) is 25.8 Å². The predicted octanol–water partition coefficient (Wildman–Crippen LogP) is 3.54. The highest BCUT2D eigenvalue weighted by atomic mass is 35.5. The van der Waals surface area contributed by atoms with Gasteiger partial charge in [0.25, 0.3) is 15.9 Å². The molecule has 4 rings (SSSR count). The number of benzene rings is 2. The number of methoxy groups -OCH3 is 2. The van der Waals surface area contributed by atoms with Crippen LogP contribution >= 0.6 is 11.6 Å². The fraction of sp³-hybridized carbons (Fsp3) is 0.208. The van der Waals surface area contributed by atoms with Gasteiger partial charge in [0.2, 0.25) is 5.88 Å². The first-order valence-corrected chi connectivity index (χ1v) is 12.7. The van der Waals surface area contributed by atoms with Gasteiger partial charge in [0.15, 0.2) is 5.54 Å². The molecule has 2 aromatic carbocycles. The Morgan fingerprint density at radius 2 is 1.92 bits per heavy atom. The first kappa shape index (κ1) is 26.9. The summed E-state index contributed by atoms with van der Waals surface area (Å²) in [5, 5.41) is 11.5. The van der Waals surface area contributed by atoms with Crippen LogP contribution in [0.5, 0.6) is 17.4 Å². The van der Waals surface area contributed by atoms with Gasteiger partial charge in [0, 0.05) is 23.9 Å². The number of carboxylic acid groups (broad SMARTS) is 1. The number of pyridine rings is 1. The van der Waals surface area contributed by atoms with Gasteiger partial charge in [-0.2, -0.15) is 4.31 Å². The number of carbonyl (C=O) groups is 2. The van der Waals surface area contributed by atoms with Crippen molar-refractivity contribution in [2.24, 2.45) is 0 Å². The van der Waals surface area contributed by atoms with Crippen LogP contribution in [0.15, 0.2) is 53.6 Å². The van der Waals surface area contributed by atoms with Crippen molar-refractivity contribution in [3.05, 3.63) is 70.6 Å². The molecule has 200 valence electrons. The Bertz CT molecular complexity index is 1550. The number of nitrogens with one attached hydrogen (secondary N) is 1. The first-order valence-electron chi connectivity index (χ1n) is 10.9. The number of halogens is 2. The fourth-order valence-electron chi connectivity index (χ4n) is 4.24. The monoisotopic (exact) mass is 565 g/mol. The second-order valence-corrected chi connectivity index (χ2v) is 10.0. The van der Waals surface area contributed by atoms with Crippen molar-refractivity contribution in [1.29, 1.82) is 0 Å². The Kier molecular flexibility index (Phi) is 7.08. The van der Waals surface area contributed by atoms with Crippen LogP contribution in [0.1, 0.15) is 18.1 Å². The van der Waals surface area contributed by atoms with Crippen LogP contribution in [0.4, 0.5) is 14.9 Å². The molecule has 0 spiro atoms. The minimum Gasteiger partial charge on any atom is -0.497 e. The number of hydrogen-bond donors (Lipinski definition) is 2. The Balaban J connectivity index is 2.08. The third-order valence-electron chi connectivity index (χ3n) is 5.81. The van der Waals surface area contributed by atoms with Crippen molar-refractivity contribution in [1.82, 2.24) is 10.3 Å².